The summed E-state index contributed by atoms with van der Waals surface area (Å²) in [7, 11) is 0. The van der Waals surface area contributed by atoms with Crippen LogP contribution in [0.2, 0.25) is 0 Å². The molecule has 0 aliphatic carbocycles. The standard InChI is InChI=1S/C12H20N4OS/c1-9(2)11(17)16-5-3-15(4-6-16)7-10-8-18-12(13)14-10/h8-9H,3-7H2,1-2H3,(H2,13,14). The number of hydrogen-bond donors (Lipinski definition) is 1. The molecule has 0 aromatic carbocycles. The highest BCUT2D eigenvalue weighted by Crippen LogP contribution is 2.14. The number of carbonyl (C=O) groups is 1. The number of anilines is 1. The van der Waals surface area contributed by atoms with Crippen molar-refractivity contribution in [3.8, 4) is 0 Å². The predicted molar refractivity (Wildman–Crippen MR) is 73.2 cm³/mol. The molecule has 0 spiro atoms. The van der Waals surface area contributed by atoms with Gasteiger partial charge in [-0.2, -0.15) is 0 Å². The molecule has 5 nitrogen and oxygen atoms in total. The van der Waals surface area contributed by atoms with E-state index in [4.69, 9.17) is 5.73 Å². The molecule has 0 radical (unpaired) electrons. The first-order valence-electron chi connectivity index (χ1n) is 6.27. The molecule has 0 unspecified atom stereocenters. The number of nitrogens with two attached hydrogens (primary N) is 1. The van der Waals surface area contributed by atoms with Gasteiger partial charge in [0.05, 0.1) is 5.69 Å². The highest BCUT2D eigenvalue weighted by atomic mass is 32.1. The average molecular weight is 268 g/mol. The lowest BCUT2D eigenvalue weighted by Gasteiger charge is -2.35. The molecular weight excluding hydrogens is 248 g/mol. The number of piperazine rings is 1. The molecule has 1 saturated heterocycles. The summed E-state index contributed by atoms with van der Waals surface area (Å²) in [6, 6.07) is 0. The molecule has 1 amide bonds. The summed E-state index contributed by atoms with van der Waals surface area (Å²) in [4.78, 5) is 20.4. The van der Waals surface area contributed by atoms with Gasteiger partial charge in [-0.3, -0.25) is 9.69 Å². The Hall–Kier alpha value is -1.14. The van der Waals surface area contributed by atoms with Gasteiger partial charge in [0.15, 0.2) is 5.13 Å². The predicted octanol–water partition coefficient (Wildman–Crippen LogP) is 1.03. The van der Waals surface area contributed by atoms with Gasteiger partial charge in [0.25, 0.3) is 0 Å². The fourth-order valence-corrected chi connectivity index (χ4v) is 2.67. The van der Waals surface area contributed by atoms with E-state index in [1.165, 1.54) is 11.3 Å². The molecule has 1 aliphatic rings. The minimum absolute atomic E-state index is 0.0925. The SMILES string of the molecule is CC(C)C(=O)N1CCN(Cc2csc(N)n2)CC1. The largest absolute Gasteiger partial charge is 0.375 e. The van der Waals surface area contributed by atoms with Gasteiger partial charge in [0, 0.05) is 44.0 Å². The van der Waals surface area contributed by atoms with Gasteiger partial charge < -0.3 is 10.6 Å². The minimum Gasteiger partial charge on any atom is -0.375 e. The fraction of sp³-hybridized carbons (Fsp3) is 0.667. The number of hydrogen-bond acceptors (Lipinski definition) is 5. The Kier molecular flexibility index (Phi) is 4.19. The van der Waals surface area contributed by atoms with Crippen LogP contribution < -0.4 is 5.73 Å². The van der Waals surface area contributed by atoms with Crippen LogP contribution in [0.1, 0.15) is 19.5 Å². The fourth-order valence-electron chi connectivity index (χ4n) is 2.12. The Morgan fingerprint density at radius 2 is 2.11 bits per heavy atom. The molecule has 18 heavy (non-hydrogen) atoms. The highest BCUT2D eigenvalue weighted by Gasteiger charge is 2.22. The first kappa shape index (κ1) is 13.3. The average Bonchev–Trinajstić information content (AvgIpc) is 2.75. The Labute approximate surface area is 112 Å². The lowest BCUT2D eigenvalue weighted by atomic mass is 10.1. The number of rotatable bonds is 3. The van der Waals surface area contributed by atoms with E-state index in [1.807, 2.05) is 24.1 Å². The maximum absolute atomic E-state index is 11.8. The smallest absolute Gasteiger partial charge is 0.225 e. The van der Waals surface area contributed by atoms with Gasteiger partial charge in [0.1, 0.15) is 0 Å². The van der Waals surface area contributed by atoms with Crippen LogP contribution in [-0.4, -0.2) is 46.9 Å². The van der Waals surface area contributed by atoms with Crippen molar-refractivity contribution >= 4 is 22.4 Å². The number of aromatic nitrogens is 1. The van der Waals surface area contributed by atoms with E-state index in [1.54, 1.807) is 0 Å². The molecule has 6 heteroatoms. The third kappa shape index (κ3) is 3.20. The van der Waals surface area contributed by atoms with Crippen LogP contribution in [-0.2, 0) is 11.3 Å². The van der Waals surface area contributed by atoms with Gasteiger partial charge in [-0.05, 0) is 0 Å². The zero-order valence-corrected chi connectivity index (χ0v) is 11.7. The lowest BCUT2D eigenvalue weighted by Crippen LogP contribution is -2.49. The molecule has 100 valence electrons. The van der Waals surface area contributed by atoms with Crippen molar-refractivity contribution < 1.29 is 4.79 Å². The second-order valence-electron chi connectivity index (χ2n) is 4.93. The van der Waals surface area contributed by atoms with E-state index in [0.717, 1.165) is 38.4 Å². The van der Waals surface area contributed by atoms with Crippen molar-refractivity contribution in [2.75, 3.05) is 31.9 Å². The molecule has 0 bridgehead atoms. The molecule has 2 rings (SSSR count). The van der Waals surface area contributed by atoms with E-state index in [2.05, 4.69) is 9.88 Å². The number of amides is 1. The van der Waals surface area contributed by atoms with Gasteiger partial charge in [-0.15, -0.1) is 11.3 Å². The van der Waals surface area contributed by atoms with Gasteiger partial charge in [-0.25, -0.2) is 4.98 Å². The van der Waals surface area contributed by atoms with Crippen molar-refractivity contribution in [3.05, 3.63) is 11.1 Å². The van der Waals surface area contributed by atoms with E-state index >= 15 is 0 Å². The van der Waals surface area contributed by atoms with Crippen molar-refractivity contribution in [3.63, 3.8) is 0 Å². The van der Waals surface area contributed by atoms with E-state index in [0.29, 0.717) is 5.13 Å². The molecular formula is C12H20N4OS. The molecule has 2 N–H and O–H groups in total. The summed E-state index contributed by atoms with van der Waals surface area (Å²) < 4.78 is 0. The number of thiazole rings is 1. The normalized spacial score (nSPS) is 17.4. The van der Waals surface area contributed by atoms with E-state index in [9.17, 15) is 4.79 Å². The third-order valence-corrected chi connectivity index (χ3v) is 3.86. The zero-order valence-electron chi connectivity index (χ0n) is 10.9. The Bertz CT molecular complexity index is 410. The van der Waals surface area contributed by atoms with Crippen LogP contribution in [0.5, 0.6) is 0 Å². The third-order valence-electron chi connectivity index (χ3n) is 3.13. The van der Waals surface area contributed by atoms with Gasteiger partial charge in [-0.1, -0.05) is 13.8 Å². The summed E-state index contributed by atoms with van der Waals surface area (Å²) >= 11 is 1.48. The van der Waals surface area contributed by atoms with E-state index < -0.39 is 0 Å². The van der Waals surface area contributed by atoms with Crippen LogP contribution in [0.15, 0.2) is 5.38 Å². The second-order valence-corrected chi connectivity index (χ2v) is 5.82. The maximum atomic E-state index is 11.8. The van der Waals surface area contributed by atoms with Crippen molar-refractivity contribution in [1.29, 1.82) is 0 Å². The second kappa shape index (κ2) is 5.67. The number of nitrogen functional groups attached to an aromatic ring is 1. The molecule has 0 atom stereocenters. The quantitative estimate of drug-likeness (QED) is 0.889. The first-order chi connectivity index (χ1) is 8.56. The topological polar surface area (TPSA) is 62.5 Å². The summed E-state index contributed by atoms with van der Waals surface area (Å²) in [6.07, 6.45) is 0. The van der Waals surface area contributed by atoms with Crippen LogP contribution >= 0.6 is 11.3 Å². The van der Waals surface area contributed by atoms with Crippen molar-refractivity contribution in [2.45, 2.75) is 20.4 Å². The zero-order chi connectivity index (χ0) is 13.1. The van der Waals surface area contributed by atoms with Crippen LogP contribution in [0.4, 0.5) is 5.13 Å². The van der Waals surface area contributed by atoms with Gasteiger partial charge in [0.2, 0.25) is 5.91 Å². The van der Waals surface area contributed by atoms with Crippen LogP contribution in [0.25, 0.3) is 0 Å². The Morgan fingerprint density at radius 3 is 2.61 bits per heavy atom. The molecule has 0 saturated carbocycles. The molecule has 1 aromatic heterocycles. The number of carbonyl (C=O) groups excluding carboxylic acids is 1. The van der Waals surface area contributed by atoms with Crippen molar-refractivity contribution in [1.82, 2.24) is 14.8 Å². The lowest BCUT2D eigenvalue weighted by molar-refractivity contribution is -0.136. The first-order valence-corrected chi connectivity index (χ1v) is 7.15. The molecule has 1 aromatic rings. The number of nitrogens with zero attached hydrogens (tertiary/aromatic N) is 3. The van der Waals surface area contributed by atoms with Crippen molar-refractivity contribution in [2.24, 2.45) is 5.92 Å². The van der Waals surface area contributed by atoms with Crippen LogP contribution in [0, 0.1) is 5.92 Å². The summed E-state index contributed by atoms with van der Waals surface area (Å²) in [6.45, 7) is 8.19. The molecule has 1 fully saturated rings. The van der Waals surface area contributed by atoms with E-state index in [-0.39, 0.29) is 11.8 Å². The Balaban J connectivity index is 1.82. The maximum Gasteiger partial charge on any atom is 0.225 e. The minimum atomic E-state index is 0.0925. The van der Waals surface area contributed by atoms with Gasteiger partial charge >= 0.3 is 0 Å². The summed E-state index contributed by atoms with van der Waals surface area (Å²) in [5.41, 5.74) is 6.64. The molecule has 2 heterocycles. The summed E-state index contributed by atoms with van der Waals surface area (Å²) in [5, 5.41) is 2.62. The molecule has 1 aliphatic heterocycles. The highest BCUT2D eigenvalue weighted by molar-refractivity contribution is 7.13. The summed E-state index contributed by atoms with van der Waals surface area (Å²) in [5.74, 6) is 0.349. The monoisotopic (exact) mass is 268 g/mol. The van der Waals surface area contributed by atoms with Crippen LogP contribution in [0.3, 0.4) is 0 Å². The Morgan fingerprint density at radius 1 is 1.44 bits per heavy atom.